The zero-order chi connectivity index (χ0) is 27.8. The van der Waals surface area contributed by atoms with Gasteiger partial charge in [-0.1, -0.05) is 25.1 Å². The Morgan fingerprint density at radius 2 is 1.98 bits per heavy atom. The molecule has 1 amide bonds. The van der Waals surface area contributed by atoms with Crippen LogP contribution in [0.1, 0.15) is 64.8 Å². The van der Waals surface area contributed by atoms with Crippen molar-refractivity contribution in [3.8, 4) is 28.6 Å². The minimum Gasteiger partial charge on any atom is -0.392 e. The summed E-state index contributed by atoms with van der Waals surface area (Å²) < 4.78 is 1.83. The van der Waals surface area contributed by atoms with Crippen molar-refractivity contribution in [3.05, 3.63) is 82.8 Å². The van der Waals surface area contributed by atoms with Crippen LogP contribution in [0.25, 0.3) is 22.5 Å². The molecule has 2 aliphatic rings. The molecule has 1 saturated carbocycles. The summed E-state index contributed by atoms with van der Waals surface area (Å²) in [6.07, 6.45) is 4.12. The molecule has 9 nitrogen and oxygen atoms in total. The highest BCUT2D eigenvalue weighted by atomic mass is 16.3. The van der Waals surface area contributed by atoms with Gasteiger partial charge in [0, 0.05) is 42.9 Å². The number of carbonyl (C=O) groups excluding carboxylic acids is 1. The first-order chi connectivity index (χ1) is 19.4. The topological polar surface area (TPSA) is 120 Å². The van der Waals surface area contributed by atoms with Gasteiger partial charge in [-0.3, -0.25) is 9.69 Å². The van der Waals surface area contributed by atoms with Gasteiger partial charge in [-0.15, -0.1) is 10.2 Å². The second kappa shape index (κ2) is 10.6. The molecule has 4 aromatic rings. The van der Waals surface area contributed by atoms with Gasteiger partial charge in [0.1, 0.15) is 12.1 Å². The van der Waals surface area contributed by atoms with Gasteiger partial charge in [-0.05, 0) is 71.8 Å². The fourth-order valence-electron chi connectivity index (χ4n) is 5.17. The number of benzene rings is 2. The molecule has 3 heterocycles. The molecule has 0 unspecified atom stereocenters. The number of anilines is 1. The molecule has 0 spiro atoms. The first kappa shape index (κ1) is 25.9. The van der Waals surface area contributed by atoms with E-state index >= 15 is 0 Å². The zero-order valence-corrected chi connectivity index (χ0v) is 22.6. The maximum Gasteiger partial charge on any atom is 0.260 e. The molecule has 0 bridgehead atoms. The van der Waals surface area contributed by atoms with E-state index in [2.05, 4.69) is 27.6 Å². The third-order valence-corrected chi connectivity index (χ3v) is 7.67. The highest BCUT2D eigenvalue weighted by molar-refractivity contribution is 6.10. The van der Waals surface area contributed by atoms with Gasteiger partial charge in [0.15, 0.2) is 5.82 Å². The molecule has 2 N–H and O–H groups in total. The van der Waals surface area contributed by atoms with Crippen molar-refractivity contribution >= 4 is 11.7 Å². The van der Waals surface area contributed by atoms with E-state index in [0.29, 0.717) is 54.7 Å². The van der Waals surface area contributed by atoms with Crippen LogP contribution in [0, 0.1) is 11.3 Å². The van der Waals surface area contributed by atoms with Crippen molar-refractivity contribution in [1.82, 2.24) is 25.1 Å². The van der Waals surface area contributed by atoms with Gasteiger partial charge in [0.05, 0.1) is 24.3 Å². The number of rotatable bonds is 9. The molecular formula is C31H31N7O2. The number of aromatic nitrogens is 4. The summed E-state index contributed by atoms with van der Waals surface area (Å²) in [5.41, 5.74) is 6.82. The number of aryl methyl sites for hydroxylation is 1. The molecule has 40 heavy (non-hydrogen) atoms. The maximum atomic E-state index is 13.7. The summed E-state index contributed by atoms with van der Waals surface area (Å²) in [5, 5.41) is 31.0. The molecule has 1 fully saturated rings. The van der Waals surface area contributed by atoms with E-state index in [4.69, 9.17) is 4.98 Å². The highest BCUT2D eigenvalue weighted by Gasteiger charge is 2.32. The largest absolute Gasteiger partial charge is 0.392 e. The average molecular weight is 534 g/mol. The van der Waals surface area contributed by atoms with Crippen LogP contribution >= 0.6 is 0 Å². The summed E-state index contributed by atoms with van der Waals surface area (Å²) >= 11 is 0. The average Bonchev–Trinajstić information content (AvgIpc) is 3.67. The Hall–Kier alpha value is -4.39. The van der Waals surface area contributed by atoms with Gasteiger partial charge < -0.3 is 15.0 Å². The van der Waals surface area contributed by atoms with Crippen LogP contribution in [0.3, 0.4) is 0 Å². The first-order valence-corrected chi connectivity index (χ1v) is 13.7. The van der Waals surface area contributed by atoms with Gasteiger partial charge >= 0.3 is 0 Å². The second-order valence-corrected chi connectivity index (χ2v) is 10.6. The van der Waals surface area contributed by atoms with Gasteiger partial charge in [-0.2, -0.15) is 5.26 Å². The summed E-state index contributed by atoms with van der Waals surface area (Å²) in [6, 6.07) is 17.9. The summed E-state index contributed by atoms with van der Waals surface area (Å²) in [7, 11) is 1.88. The van der Waals surface area contributed by atoms with E-state index in [1.165, 1.54) is 0 Å². The number of hydrogen-bond donors (Lipinski definition) is 2. The SMILES string of the molecule is CC[C@@H](O)CNCc1ccc2c(c1)C(=O)N(c1cc(-c3ccc(C#N)cc3-c3nncn3C)cc(C3CC3)n1)C2. The van der Waals surface area contributed by atoms with Crippen LogP contribution in [-0.4, -0.2) is 43.4 Å². The predicted octanol–water partition coefficient (Wildman–Crippen LogP) is 4.31. The lowest BCUT2D eigenvalue weighted by Crippen LogP contribution is -2.26. The Balaban J connectivity index is 1.35. The third-order valence-electron chi connectivity index (χ3n) is 7.67. The number of nitriles is 1. The van der Waals surface area contributed by atoms with Crippen LogP contribution in [0.4, 0.5) is 5.82 Å². The Bertz CT molecular complexity index is 1630. The lowest BCUT2D eigenvalue weighted by molar-refractivity contribution is 0.0995. The maximum absolute atomic E-state index is 13.7. The van der Waals surface area contributed by atoms with E-state index in [0.717, 1.165) is 46.4 Å². The Labute approximate surface area is 233 Å². The minimum absolute atomic E-state index is 0.0646. The number of aliphatic hydroxyl groups excluding tert-OH is 1. The van der Waals surface area contributed by atoms with Crippen LogP contribution in [0.15, 0.2) is 54.9 Å². The monoisotopic (exact) mass is 533 g/mol. The number of amides is 1. The molecule has 1 aliphatic carbocycles. The molecule has 2 aromatic carbocycles. The fourth-order valence-corrected chi connectivity index (χ4v) is 5.17. The van der Waals surface area contributed by atoms with E-state index < -0.39 is 0 Å². The minimum atomic E-state index is -0.379. The number of carbonyl (C=O) groups is 1. The molecule has 0 saturated heterocycles. The van der Waals surface area contributed by atoms with Crippen molar-refractivity contribution in [1.29, 1.82) is 5.26 Å². The molecular weight excluding hydrogens is 502 g/mol. The molecule has 9 heteroatoms. The zero-order valence-electron chi connectivity index (χ0n) is 22.6. The smallest absolute Gasteiger partial charge is 0.260 e. The number of fused-ring (bicyclic) bond motifs is 1. The van der Waals surface area contributed by atoms with Gasteiger partial charge in [-0.25, -0.2) is 4.98 Å². The van der Waals surface area contributed by atoms with E-state index in [-0.39, 0.29) is 12.0 Å². The highest BCUT2D eigenvalue weighted by Crippen LogP contribution is 2.43. The molecule has 202 valence electrons. The summed E-state index contributed by atoms with van der Waals surface area (Å²) in [4.78, 5) is 20.4. The Morgan fingerprint density at radius 3 is 2.70 bits per heavy atom. The second-order valence-electron chi connectivity index (χ2n) is 10.6. The van der Waals surface area contributed by atoms with E-state index in [1.54, 1.807) is 17.3 Å². The third kappa shape index (κ3) is 4.99. The molecule has 0 radical (unpaired) electrons. The molecule has 1 atom stereocenters. The van der Waals surface area contributed by atoms with Crippen molar-refractivity contribution in [3.63, 3.8) is 0 Å². The summed E-state index contributed by atoms with van der Waals surface area (Å²) in [6.45, 7) is 3.51. The molecule has 1 aliphatic heterocycles. The molecule has 6 rings (SSSR count). The number of hydrogen-bond acceptors (Lipinski definition) is 7. The van der Waals surface area contributed by atoms with Crippen LogP contribution in [0.5, 0.6) is 0 Å². The standard InChI is InChI=1S/C31H31N7O2/c1-3-24(39)16-33-15-20-4-6-22-17-38(31(40)26(22)11-20)29-13-23(12-28(35-29)21-7-8-21)25-9-5-19(14-32)10-27(25)30-36-34-18-37(30)2/h4-6,9-13,18,21,24,33,39H,3,7-8,15-17H2,1-2H3/t24-/m1/s1. The lowest BCUT2D eigenvalue weighted by atomic mass is 9.96. The van der Waals surface area contributed by atoms with Crippen molar-refractivity contribution < 1.29 is 9.90 Å². The summed E-state index contributed by atoms with van der Waals surface area (Å²) in [5.74, 6) is 1.60. The van der Waals surface area contributed by atoms with Crippen LogP contribution < -0.4 is 10.2 Å². The number of aliphatic hydroxyl groups is 1. The number of pyridine rings is 1. The van der Waals surface area contributed by atoms with Crippen LogP contribution in [0.2, 0.25) is 0 Å². The van der Waals surface area contributed by atoms with Crippen molar-refractivity contribution in [2.24, 2.45) is 7.05 Å². The van der Waals surface area contributed by atoms with Crippen molar-refractivity contribution in [2.75, 3.05) is 11.4 Å². The van der Waals surface area contributed by atoms with E-state index in [1.807, 2.05) is 54.9 Å². The quantitative estimate of drug-likeness (QED) is 0.329. The lowest BCUT2D eigenvalue weighted by Gasteiger charge is -2.18. The fraction of sp³-hybridized carbons (Fsp3) is 0.323. The predicted molar refractivity (Wildman–Crippen MR) is 151 cm³/mol. The van der Waals surface area contributed by atoms with E-state index in [9.17, 15) is 15.2 Å². The normalized spacial score (nSPS) is 15.2. The first-order valence-electron chi connectivity index (χ1n) is 13.7. The van der Waals surface area contributed by atoms with Crippen LogP contribution in [-0.2, 0) is 20.1 Å². The Morgan fingerprint density at radius 1 is 1.12 bits per heavy atom. The number of nitrogens with zero attached hydrogens (tertiary/aromatic N) is 6. The number of nitrogens with one attached hydrogen (secondary N) is 1. The van der Waals surface area contributed by atoms with Gasteiger partial charge in [0.25, 0.3) is 5.91 Å². The molecule has 2 aromatic heterocycles. The Kier molecular flexibility index (Phi) is 6.88. The van der Waals surface area contributed by atoms with Crippen molar-refractivity contribution in [2.45, 2.75) is 51.3 Å². The van der Waals surface area contributed by atoms with Gasteiger partial charge in [0.2, 0.25) is 0 Å².